The zero-order chi connectivity index (χ0) is 36.4. The van der Waals surface area contributed by atoms with Gasteiger partial charge in [0.25, 0.3) is 0 Å². The Kier molecular flexibility index (Phi) is 16.2. The molecule has 0 nitrogen and oxygen atoms in total. The van der Waals surface area contributed by atoms with Crippen molar-refractivity contribution in [2.24, 2.45) is 0 Å². The number of rotatable bonds is 4. The van der Waals surface area contributed by atoms with Crippen LogP contribution in [0.25, 0.3) is 33.0 Å². The van der Waals surface area contributed by atoms with Crippen molar-refractivity contribution in [3.8, 4) is 22.3 Å². The average Bonchev–Trinajstić information content (AvgIpc) is 3.27. The fourth-order valence-electron chi connectivity index (χ4n) is 5.47. The van der Waals surface area contributed by atoms with Gasteiger partial charge in [-0.3, -0.25) is 0 Å². The highest BCUT2D eigenvalue weighted by Gasteiger charge is 1.94. The van der Waals surface area contributed by atoms with Crippen LogP contribution in [0.15, 0.2) is 267 Å². The zero-order valence-electron chi connectivity index (χ0n) is 30.1. The SMILES string of the molecule is c1ccc(-c2ccccc2)cc1.c1ccc(-c2ccccc2)cc1.c1ccc(Cc2ccccc2)cc1.c1ccc2ccccc2c1.c1ccccc1. The van der Waals surface area contributed by atoms with Crippen molar-refractivity contribution in [2.75, 3.05) is 0 Å². The lowest BCUT2D eigenvalue weighted by molar-refractivity contribution is 1.19. The molecule has 0 aliphatic rings. The van der Waals surface area contributed by atoms with E-state index < -0.39 is 0 Å². The van der Waals surface area contributed by atoms with Crippen molar-refractivity contribution in [1.29, 1.82) is 0 Å². The molecule has 0 spiro atoms. The minimum absolute atomic E-state index is 1.03. The van der Waals surface area contributed by atoms with Crippen LogP contribution in [0.5, 0.6) is 0 Å². The minimum Gasteiger partial charge on any atom is -0.0623 e. The maximum absolute atomic E-state index is 2.16. The van der Waals surface area contributed by atoms with Crippen molar-refractivity contribution in [1.82, 2.24) is 0 Å². The molecule has 53 heavy (non-hydrogen) atoms. The first-order chi connectivity index (χ1) is 26.3. The van der Waals surface area contributed by atoms with Gasteiger partial charge in [-0.2, -0.15) is 0 Å². The van der Waals surface area contributed by atoms with Crippen LogP contribution in [0.3, 0.4) is 0 Å². The fraction of sp³-hybridized carbons (Fsp3) is 0.0189. The Morgan fingerprint density at radius 2 is 0.340 bits per heavy atom. The molecular weight excluding hydrogens is 637 g/mol. The second-order valence-electron chi connectivity index (χ2n) is 12.1. The number of fused-ring (bicyclic) bond motifs is 1. The van der Waals surface area contributed by atoms with Gasteiger partial charge < -0.3 is 0 Å². The number of benzene rings is 9. The lowest BCUT2D eigenvalue weighted by atomic mass is 10.1. The van der Waals surface area contributed by atoms with Crippen molar-refractivity contribution in [2.45, 2.75) is 6.42 Å². The molecule has 0 heterocycles. The van der Waals surface area contributed by atoms with E-state index in [2.05, 4.69) is 206 Å². The Balaban J connectivity index is 0.000000130. The topological polar surface area (TPSA) is 0 Å². The monoisotopic (exact) mass is 682 g/mol. The van der Waals surface area contributed by atoms with Crippen LogP contribution in [-0.4, -0.2) is 0 Å². The molecule has 0 aliphatic carbocycles. The van der Waals surface area contributed by atoms with E-state index in [-0.39, 0.29) is 0 Å². The van der Waals surface area contributed by atoms with Crippen molar-refractivity contribution in [3.63, 3.8) is 0 Å². The highest BCUT2D eigenvalue weighted by Crippen LogP contribution is 2.18. The molecule has 0 radical (unpaired) electrons. The van der Waals surface area contributed by atoms with Crippen LogP contribution in [0, 0.1) is 0 Å². The predicted octanol–water partition coefficient (Wildman–Crippen LogP) is 14.5. The average molecular weight is 683 g/mol. The minimum atomic E-state index is 1.03. The largest absolute Gasteiger partial charge is 0.0623 e. The third kappa shape index (κ3) is 14.2. The molecule has 9 aromatic rings. The summed E-state index contributed by atoms with van der Waals surface area (Å²) in [5, 5.41) is 2.62. The van der Waals surface area contributed by atoms with Gasteiger partial charge in [-0.05, 0) is 50.6 Å². The van der Waals surface area contributed by atoms with Gasteiger partial charge in [-0.1, -0.05) is 267 Å². The Morgan fingerprint density at radius 3 is 0.566 bits per heavy atom. The summed E-state index contributed by atoms with van der Waals surface area (Å²) in [6, 6.07) is 91.3. The molecule has 0 unspecified atom stereocenters. The van der Waals surface area contributed by atoms with Crippen LogP contribution >= 0.6 is 0 Å². The van der Waals surface area contributed by atoms with Gasteiger partial charge >= 0.3 is 0 Å². The highest BCUT2D eigenvalue weighted by molar-refractivity contribution is 5.82. The standard InChI is InChI=1S/C13H12.2C12H10.C10H8.C6H6/c1-3-7-12(8-4-1)11-13-9-5-2-6-10-13;2*1-3-7-11(8-4-1)12-9-5-2-6-10-12;1-2-6-10-8-4-3-7-9(10)5-1;1-2-4-6-5-3-1/h1-10H,11H2;2*1-10H;1-8H;1-6H. The lowest BCUT2D eigenvalue weighted by Crippen LogP contribution is -1.85. The first-order valence-electron chi connectivity index (χ1n) is 18.1. The molecule has 0 heteroatoms. The van der Waals surface area contributed by atoms with E-state index in [1.807, 2.05) is 60.7 Å². The van der Waals surface area contributed by atoms with Gasteiger partial charge in [0.15, 0.2) is 0 Å². The zero-order valence-corrected chi connectivity index (χ0v) is 30.1. The predicted molar refractivity (Wildman–Crippen MR) is 230 cm³/mol. The second kappa shape index (κ2) is 22.9. The first kappa shape index (κ1) is 37.5. The van der Waals surface area contributed by atoms with E-state index in [9.17, 15) is 0 Å². The van der Waals surface area contributed by atoms with Gasteiger partial charge in [0.2, 0.25) is 0 Å². The summed E-state index contributed by atoms with van der Waals surface area (Å²) >= 11 is 0. The Morgan fingerprint density at radius 1 is 0.170 bits per heavy atom. The van der Waals surface area contributed by atoms with E-state index in [4.69, 9.17) is 0 Å². The lowest BCUT2D eigenvalue weighted by Gasteiger charge is -2.00. The van der Waals surface area contributed by atoms with E-state index in [0.29, 0.717) is 0 Å². The molecule has 0 bridgehead atoms. The van der Waals surface area contributed by atoms with Gasteiger partial charge in [0, 0.05) is 0 Å². The Bertz CT molecular complexity index is 1920. The maximum Gasteiger partial charge on any atom is -0.00258 e. The van der Waals surface area contributed by atoms with E-state index >= 15 is 0 Å². The molecule has 0 aliphatic heterocycles. The summed E-state index contributed by atoms with van der Waals surface area (Å²) in [5.74, 6) is 0. The molecule has 9 rings (SSSR count). The van der Waals surface area contributed by atoms with Crippen LogP contribution in [-0.2, 0) is 6.42 Å². The third-order valence-electron chi connectivity index (χ3n) is 8.18. The smallest absolute Gasteiger partial charge is 0.00258 e. The molecule has 0 N–H and O–H groups in total. The molecule has 0 fully saturated rings. The summed E-state index contributed by atoms with van der Waals surface area (Å²) in [6.45, 7) is 0. The van der Waals surface area contributed by atoms with Crippen LogP contribution in [0.1, 0.15) is 11.1 Å². The van der Waals surface area contributed by atoms with Crippen molar-refractivity contribution >= 4 is 10.8 Å². The van der Waals surface area contributed by atoms with E-state index in [0.717, 1.165) is 6.42 Å². The summed E-state index contributed by atoms with van der Waals surface area (Å²) < 4.78 is 0. The molecule has 0 atom stereocenters. The van der Waals surface area contributed by atoms with E-state index in [1.165, 1.54) is 44.2 Å². The van der Waals surface area contributed by atoms with Gasteiger partial charge in [0.05, 0.1) is 0 Å². The van der Waals surface area contributed by atoms with Crippen LogP contribution in [0.2, 0.25) is 0 Å². The molecule has 0 aromatic heterocycles. The molecular formula is C53H46. The summed E-state index contributed by atoms with van der Waals surface area (Å²) in [7, 11) is 0. The normalized spacial score (nSPS) is 9.58. The maximum atomic E-state index is 2.16. The molecule has 258 valence electrons. The molecule has 0 saturated carbocycles. The first-order valence-corrected chi connectivity index (χ1v) is 18.1. The molecule has 0 amide bonds. The van der Waals surface area contributed by atoms with Crippen molar-refractivity contribution < 1.29 is 0 Å². The fourth-order valence-corrected chi connectivity index (χ4v) is 5.47. The van der Waals surface area contributed by atoms with Crippen LogP contribution < -0.4 is 0 Å². The van der Waals surface area contributed by atoms with Crippen molar-refractivity contribution in [3.05, 3.63) is 278 Å². The third-order valence-corrected chi connectivity index (χ3v) is 8.18. The number of hydrogen-bond acceptors (Lipinski definition) is 0. The highest BCUT2D eigenvalue weighted by atomic mass is 14.0. The van der Waals surface area contributed by atoms with Gasteiger partial charge in [0.1, 0.15) is 0 Å². The molecule has 0 saturated heterocycles. The van der Waals surface area contributed by atoms with Gasteiger partial charge in [-0.15, -0.1) is 0 Å². The summed E-state index contributed by atoms with van der Waals surface area (Å²) in [6.07, 6.45) is 1.03. The number of hydrogen-bond donors (Lipinski definition) is 0. The summed E-state index contributed by atoms with van der Waals surface area (Å²) in [5.41, 5.74) is 7.84. The summed E-state index contributed by atoms with van der Waals surface area (Å²) in [4.78, 5) is 0. The Labute approximate surface area is 316 Å². The van der Waals surface area contributed by atoms with Gasteiger partial charge in [-0.25, -0.2) is 0 Å². The van der Waals surface area contributed by atoms with E-state index in [1.54, 1.807) is 0 Å². The molecule has 9 aromatic carbocycles. The van der Waals surface area contributed by atoms with Crippen LogP contribution in [0.4, 0.5) is 0 Å². The Hall–Kier alpha value is -6.76. The second-order valence-corrected chi connectivity index (χ2v) is 12.1. The quantitative estimate of drug-likeness (QED) is 0.173.